The van der Waals surface area contributed by atoms with Crippen LogP contribution in [-0.4, -0.2) is 54.6 Å². The minimum atomic E-state index is -2.90. The van der Waals surface area contributed by atoms with Crippen LogP contribution in [0.4, 0.5) is 0 Å². The second-order valence-corrected chi connectivity index (χ2v) is 7.39. The zero-order chi connectivity index (χ0) is 13.2. The molecule has 0 aliphatic carbocycles. The number of rotatable bonds is 3. The summed E-state index contributed by atoms with van der Waals surface area (Å²) in [5, 5.41) is 9.51. The van der Waals surface area contributed by atoms with Crippen LogP contribution >= 0.6 is 15.9 Å². The van der Waals surface area contributed by atoms with E-state index in [9.17, 15) is 13.5 Å². The SMILES string of the molecule is O=S1(=O)CCN(C(CO)c2cccc(Br)n2)CC1. The number of hydrogen-bond donors (Lipinski definition) is 1. The normalized spacial score (nSPS) is 21.7. The third-order valence-electron chi connectivity index (χ3n) is 3.07. The zero-order valence-electron chi connectivity index (χ0n) is 9.79. The van der Waals surface area contributed by atoms with E-state index in [4.69, 9.17) is 0 Å². The van der Waals surface area contributed by atoms with Crippen molar-refractivity contribution in [3.8, 4) is 0 Å². The van der Waals surface area contributed by atoms with E-state index in [-0.39, 0.29) is 24.2 Å². The van der Waals surface area contributed by atoms with Crippen LogP contribution in [0.5, 0.6) is 0 Å². The van der Waals surface area contributed by atoms with Gasteiger partial charge in [-0.2, -0.15) is 0 Å². The van der Waals surface area contributed by atoms with E-state index in [2.05, 4.69) is 20.9 Å². The third kappa shape index (κ3) is 3.28. The molecule has 0 spiro atoms. The predicted molar refractivity (Wildman–Crippen MR) is 72.0 cm³/mol. The minimum Gasteiger partial charge on any atom is -0.394 e. The molecule has 1 aromatic rings. The summed E-state index contributed by atoms with van der Waals surface area (Å²) in [6.07, 6.45) is 0. The first-order valence-corrected chi connectivity index (χ1v) is 8.31. The molecule has 5 nitrogen and oxygen atoms in total. The highest BCUT2D eigenvalue weighted by atomic mass is 79.9. The molecule has 2 heterocycles. The number of aliphatic hydroxyl groups excluding tert-OH is 1. The van der Waals surface area contributed by atoms with Crippen molar-refractivity contribution in [3.63, 3.8) is 0 Å². The zero-order valence-corrected chi connectivity index (χ0v) is 12.2. The van der Waals surface area contributed by atoms with Gasteiger partial charge in [-0.15, -0.1) is 0 Å². The van der Waals surface area contributed by atoms with E-state index in [1.807, 2.05) is 23.1 Å². The molecule has 100 valence electrons. The number of pyridine rings is 1. The number of hydrogen-bond acceptors (Lipinski definition) is 5. The van der Waals surface area contributed by atoms with Crippen LogP contribution in [0.15, 0.2) is 22.8 Å². The van der Waals surface area contributed by atoms with Gasteiger partial charge in [0.25, 0.3) is 0 Å². The molecule has 1 unspecified atom stereocenters. The van der Waals surface area contributed by atoms with Gasteiger partial charge in [-0.3, -0.25) is 4.90 Å². The van der Waals surface area contributed by atoms with Crippen LogP contribution in [0.25, 0.3) is 0 Å². The summed E-state index contributed by atoms with van der Waals surface area (Å²) < 4.78 is 23.5. The maximum absolute atomic E-state index is 11.4. The first-order valence-electron chi connectivity index (χ1n) is 5.69. The van der Waals surface area contributed by atoms with Crippen molar-refractivity contribution in [3.05, 3.63) is 28.5 Å². The quantitative estimate of drug-likeness (QED) is 0.820. The Bertz CT molecular complexity index is 507. The molecule has 1 saturated heterocycles. The number of sulfone groups is 1. The summed E-state index contributed by atoms with van der Waals surface area (Å²) in [5.74, 6) is 0.301. The van der Waals surface area contributed by atoms with E-state index < -0.39 is 9.84 Å². The number of halogens is 1. The third-order valence-corrected chi connectivity index (χ3v) is 5.12. The second kappa shape index (κ2) is 5.64. The molecule has 18 heavy (non-hydrogen) atoms. The highest BCUT2D eigenvalue weighted by Crippen LogP contribution is 2.22. The van der Waals surface area contributed by atoms with Crippen molar-refractivity contribution in [2.45, 2.75) is 6.04 Å². The summed E-state index contributed by atoms with van der Waals surface area (Å²) in [7, 11) is -2.90. The molecule has 0 bridgehead atoms. The predicted octanol–water partition coefficient (Wildman–Crippen LogP) is 0.608. The number of aromatic nitrogens is 1. The van der Waals surface area contributed by atoms with Gasteiger partial charge in [-0.05, 0) is 28.1 Å². The lowest BCUT2D eigenvalue weighted by molar-refractivity contribution is 0.128. The molecule has 0 aromatic carbocycles. The first-order chi connectivity index (χ1) is 8.52. The summed E-state index contributed by atoms with van der Waals surface area (Å²) in [4.78, 5) is 6.29. The Balaban J connectivity index is 2.15. The average molecular weight is 335 g/mol. The Hall–Kier alpha value is -0.500. The van der Waals surface area contributed by atoms with Gasteiger partial charge in [0.1, 0.15) is 4.60 Å². The Morgan fingerprint density at radius 3 is 2.61 bits per heavy atom. The molecular weight excluding hydrogens is 320 g/mol. The minimum absolute atomic E-state index is 0.0660. The van der Waals surface area contributed by atoms with Crippen LogP contribution < -0.4 is 0 Å². The smallest absolute Gasteiger partial charge is 0.152 e. The van der Waals surface area contributed by atoms with Crippen LogP contribution in [-0.2, 0) is 9.84 Å². The fourth-order valence-corrected chi connectivity index (χ4v) is 3.63. The highest BCUT2D eigenvalue weighted by Gasteiger charge is 2.28. The Labute approximate surface area is 115 Å². The monoisotopic (exact) mass is 334 g/mol. The molecule has 2 rings (SSSR count). The molecule has 1 fully saturated rings. The van der Waals surface area contributed by atoms with Crippen molar-refractivity contribution < 1.29 is 13.5 Å². The molecule has 0 amide bonds. The molecule has 0 radical (unpaired) electrons. The summed E-state index contributed by atoms with van der Waals surface area (Å²) in [6.45, 7) is 0.826. The lowest BCUT2D eigenvalue weighted by Gasteiger charge is -2.32. The van der Waals surface area contributed by atoms with Gasteiger partial charge < -0.3 is 5.11 Å². The molecule has 1 N–H and O–H groups in total. The van der Waals surface area contributed by atoms with Gasteiger partial charge in [0, 0.05) is 13.1 Å². The standard InChI is InChI=1S/C11H15BrN2O3S/c12-11-3-1-2-9(13-11)10(8-15)14-4-6-18(16,17)7-5-14/h1-3,10,15H,4-8H2. The average Bonchev–Trinajstić information content (AvgIpc) is 2.32. The lowest BCUT2D eigenvalue weighted by atomic mass is 10.1. The van der Waals surface area contributed by atoms with Crippen LogP contribution in [0.2, 0.25) is 0 Å². The lowest BCUT2D eigenvalue weighted by Crippen LogP contribution is -2.43. The van der Waals surface area contributed by atoms with Gasteiger partial charge in [-0.1, -0.05) is 6.07 Å². The summed E-state index contributed by atoms with van der Waals surface area (Å²) in [5.41, 5.74) is 0.756. The fourth-order valence-electron chi connectivity index (χ4n) is 2.04. The molecule has 7 heteroatoms. The topological polar surface area (TPSA) is 70.5 Å². The van der Waals surface area contributed by atoms with E-state index in [0.717, 1.165) is 5.69 Å². The van der Waals surface area contributed by atoms with E-state index in [1.165, 1.54) is 0 Å². The van der Waals surface area contributed by atoms with Crippen LogP contribution in [0.3, 0.4) is 0 Å². The largest absolute Gasteiger partial charge is 0.394 e. The van der Waals surface area contributed by atoms with Crippen molar-refractivity contribution in [2.75, 3.05) is 31.2 Å². The highest BCUT2D eigenvalue weighted by molar-refractivity contribution is 9.10. The maximum Gasteiger partial charge on any atom is 0.152 e. The van der Waals surface area contributed by atoms with Gasteiger partial charge in [0.05, 0.1) is 29.8 Å². The van der Waals surface area contributed by atoms with Gasteiger partial charge in [0.2, 0.25) is 0 Å². The fraction of sp³-hybridized carbons (Fsp3) is 0.545. The molecule has 1 atom stereocenters. The Morgan fingerprint density at radius 1 is 1.39 bits per heavy atom. The van der Waals surface area contributed by atoms with Gasteiger partial charge in [0.15, 0.2) is 9.84 Å². The second-order valence-electron chi connectivity index (χ2n) is 4.27. The Morgan fingerprint density at radius 2 is 2.06 bits per heavy atom. The summed E-state index contributed by atoms with van der Waals surface area (Å²) in [6, 6.07) is 5.28. The number of aliphatic hydroxyl groups is 1. The van der Waals surface area contributed by atoms with Crippen LogP contribution in [0, 0.1) is 0 Å². The molecule has 1 aliphatic heterocycles. The molecular formula is C11H15BrN2O3S. The van der Waals surface area contributed by atoms with Crippen molar-refractivity contribution in [1.29, 1.82) is 0 Å². The number of nitrogens with zero attached hydrogens (tertiary/aromatic N) is 2. The summed E-state index contributed by atoms with van der Waals surface area (Å²) >= 11 is 3.29. The van der Waals surface area contributed by atoms with Gasteiger partial charge >= 0.3 is 0 Å². The van der Waals surface area contributed by atoms with Gasteiger partial charge in [-0.25, -0.2) is 13.4 Å². The maximum atomic E-state index is 11.4. The van der Waals surface area contributed by atoms with E-state index in [1.54, 1.807) is 0 Å². The van der Waals surface area contributed by atoms with Crippen molar-refractivity contribution >= 4 is 25.8 Å². The first kappa shape index (κ1) is 13.9. The molecule has 1 aliphatic rings. The van der Waals surface area contributed by atoms with Crippen LogP contribution in [0.1, 0.15) is 11.7 Å². The Kier molecular flexibility index (Phi) is 4.37. The van der Waals surface area contributed by atoms with Crippen molar-refractivity contribution in [1.82, 2.24) is 9.88 Å². The molecule has 0 saturated carbocycles. The van der Waals surface area contributed by atoms with E-state index in [0.29, 0.717) is 17.7 Å². The van der Waals surface area contributed by atoms with Crippen molar-refractivity contribution in [2.24, 2.45) is 0 Å². The van der Waals surface area contributed by atoms with E-state index >= 15 is 0 Å². The molecule has 1 aromatic heterocycles.